The third kappa shape index (κ3) is 4.50. The smallest absolute Gasteiger partial charge is 0.407 e. The Morgan fingerprint density at radius 3 is 2.19 bits per heavy atom. The van der Waals surface area contributed by atoms with E-state index in [-0.39, 0.29) is 29.3 Å². The molecule has 2 aromatic carbocycles. The summed E-state index contributed by atoms with van der Waals surface area (Å²) in [5.74, 6) is -1.32. The van der Waals surface area contributed by atoms with E-state index in [2.05, 4.69) is 10.3 Å². The highest BCUT2D eigenvalue weighted by Gasteiger charge is 2.30. The van der Waals surface area contributed by atoms with Crippen molar-refractivity contribution in [1.82, 2.24) is 10.3 Å². The lowest BCUT2D eigenvalue weighted by atomic mass is 9.98. The van der Waals surface area contributed by atoms with E-state index in [1.807, 2.05) is 48.5 Å². The summed E-state index contributed by atoms with van der Waals surface area (Å²) in [4.78, 5) is 27.9. The van der Waals surface area contributed by atoms with Gasteiger partial charge in [0.2, 0.25) is 0 Å². The number of aromatic nitrogens is 1. The second-order valence-electron chi connectivity index (χ2n) is 7.15. The minimum absolute atomic E-state index is 0.0530. The Bertz CT molecular complexity index is 1110. The molecule has 1 amide bonds. The maximum atomic E-state index is 12.4. The van der Waals surface area contributed by atoms with Crippen molar-refractivity contribution < 1.29 is 19.4 Å². The van der Waals surface area contributed by atoms with Crippen LogP contribution in [0, 0.1) is 0 Å². The number of halogens is 2. The zero-order valence-corrected chi connectivity index (χ0v) is 17.7. The van der Waals surface area contributed by atoms with Gasteiger partial charge in [-0.1, -0.05) is 77.8 Å². The van der Waals surface area contributed by atoms with Crippen molar-refractivity contribution >= 4 is 35.3 Å². The van der Waals surface area contributed by atoms with Crippen molar-refractivity contribution in [3.05, 3.63) is 87.7 Å². The Morgan fingerprint density at radius 2 is 1.61 bits per heavy atom. The molecular weight excluding hydrogens is 439 g/mol. The standard InChI is InChI=1S/C23H18Cl2N2O4/c24-20-10-9-13(21(25)27-20)11-19(22(28)29)26-23(30)31-12-18-16-7-3-1-5-14(16)15-6-2-4-8-17(15)18/h1-10,18-19H,11-12H2,(H,26,30)(H,28,29). The monoisotopic (exact) mass is 456 g/mol. The predicted molar refractivity (Wildman–Crippen MR) is 118 cm³/mol. The van der Waals surface area contributed by atoms with Crippen LogP contribution in [-0.4, -0.2) is 34.8 Å². The molecule has 6 nitrogen and oxygen atoms in total. The molecule has 0 saturated carbocycles. The number of fused-ring (bicyclic) bond motifs is 3. The largest absolute Gasteiger partial charge is 0.480 e. The molecule has 158 valence electrons. The molecule has 1 aliphatic carbocycles. The van der Waals surface area contributed by atoms with E-state index in [1.165, 1.54) is 6.07 Å². The average Bonchev–Trinajstić information content (AvgIpc) is 3.07. The Balaban J connectivity index is 1.44. The summed E-state index contributed by atoms with van der Waals surface area (Å²) < 4.78 is 5.42. The number of pyridine rings is 1. The van der Waals surface area contributed by atoms with Crippen LogP contribution in [0.3, 0.4) is 0 Å². The summed E-state index contributed by atoms with van der Waals surface area (Å²) in [6.45, 7) is 0.0927. The number of carboxylic acids is 1. The number of amides is 1. The number of rotatable bonds is 6. The van der Waals surface area contributed by atoms with Gasteiger partial charge in [-0.2, -0.15) is 0 Å². The van der Waals surface area contributed by atoms with Gasteiger partial charge in [-0.15, -0.1) is 0 Å². The van der Waals surface area contributed by atoms with Gasteiger partial charge in [-0.3, -0.25) is 0 Å². The maximum Gasteiger partial charge on any atom is 0.407 e. The highest BCUT2D eigenvalue weighted by atomic mass is 35.5. The summed E-state index contributed by atoms with van der Waals surface area (Å²) >= 11 is 11.8. The van der Waals surface area contributed by atoms with Crippen molar-refractivity contribution in [2.45, 2.75) is 18.4 Å². The first-order valence-corrected chi connectivity index (χ1v) is 10.3. The number of nitrogens with zero attached hydrogens (tertiary/aromatic N) is 1. The summed E-state index contributed by atoms with van der Waals surface area (Å²) in [6, 6.07) is 17.8. The van der Waals surface area contributed by atoms with Crippen LogP contribution in [-0.2, 0) is 16.0 Å². The highest BCUT2D eigenvalue weighted by molar-refractivity contribution is 6.32. The SMILES string of the molecule is O=C(NC(Cc1ccc(Cl)nc1Cl)C(=O)O)OCC1c2ccccc2-c2ccccc21. The zero-order chi connectivity index (χ0) is 22.0. The van der Waals surface area contributed by atoms with Crippen molar-refractivity contribution in [2.75, 3.05) is 6.61 Å². The second-order valence-corrected chi connectivity index (χ2v) is 7.89. The third-order valence-corrected chi connectivity index (χ3v) is 5.79. The van der Waals surface area contributed by atoms with Crippen molar-refractivity contribution in [3.63, 3.8) is 0 Å². The number of carboxylic acid groups (broad SMARTS) is 1. The molecule has 1 unspecified atom stereocenters. The van der Waals surface area contributed by atoms with Gasteiger partial charge in [0.05, 0.1) is 0 Å². The molecule has 2 N–H and O–H groups in total. The number of ether oxygens (including phenoxy) is 1. The Hall–Kier alpha value is -3.09. The summed E-state index contributed by atoms with van der Waals surface area (Å²) in [6.07, 6.45) is -0.866. The first-order valence-electron chi connectivity index (χ1n) is 9.59. The van der Waals surface area contributed by atoms with E-state index >= 15 is 0 Å². The maximum absolute atomic E-state index is 12.4. The topological polar surface area (TPSA) is 88.5 Å². The lowest BCUT2D eigenvalue weighted by Gasteiger charge is -2.18. The number of alkyl carbamates (subject to hydrolysis) is 1. The van der Waals surface area contributed by atoms with Gasteiger partial charge in [0.25, 0.3) is 0 Å². The first kappa shape index (κ1) is 21.2. The Morgan fingerprint density at radius 1 is 1.00 bits per heavy atom. The molecule has 1 aliphatic rings. The summed E-state index contributed by atoms with van der Waals surface area (Å²) in [7, 11) is 0. The van der Waals surface area contributed by atoms with Crippen LogP contribution in [0.2, 0.25) is 10.3 Å². The van der Waals surface area contributed by atoms with Crippen LogP contribution < -0.4 is 5.32 Å². The molecule has 0 saturated heterocycles. The molecule has 31 heavy (non-hydrogen) atoms. The molecule has 3 aromatic rings. The molecule has 4 rings (SSSR count). The van der Waals surface area contributed by atoms with E-state index in [1.54, 1.807) is 6.07 Å². The van der Waals surface area contributed by atoms with E-state index in [9.17, 15) is 14.7 Å². The molecule has 1 aromatic heterocycles. The van der Waals surface area contributed by atoms with E-state index < -0.39 is 18.1 Å². The normalized spacial score (nSPS) is 13.2. The lowest BCUT2D eigenvalue weighted by molar-refractivity contribution is -0.139. The van der Waals surface area contributed by atoms with Gasteiger partial charge in [0.15, 0.2) is 0 Å². The number of aliphatic carboxylic acids is 1. The van der Waals surface area contributed by atoms with Gasteiger partial charge < -0.3 is 15.2 Å². The molecule has 1 atom stereocenters. The first-order chi connectivity index (χ1) is 14.9. The lowest BCUT2D eigenvalue weighted by Crippen LogP contribution is -2.43. The van der Waals surface area contributed by atoms with E-state index in [0.29, 0.717) is 5.56 Å². The minimum atomic E-state index is -1.23. The molecule has 8 heteroatoms. The fourth-order valence-corrected chi connectivity index (χ4v) is 4.22. The van der Waals surface area contributed by atoms with Crippen LogP contribution in [0.4, 0.5) is 4.79 Å². The zero-order valence-electron chi connectivity index (χ0n) is 16.2. The fraction of sp³-hybridized carbons (Fsp3) is 0.174. The quantitative estimate of drug-likeness (QED) is 0.513. The number of carbonyl (C=O) groups is 2. The number of hydrogen-bond acceptors (Lipinski definition) is 4. The molecule has 0 aliphatic heterocycles. The third-order valence-electron chi connectivity index (χ3n) is 5.25. The molecule has 0 spiro atoms. The van der Waals surface area contributed by atoms with E-state index in [0.717, 1.165) is 22.3 Å². The number of nitrogens with one attached hydrogen (secondary N) is 1. The van der Waals surface area contributed by atoms with Gasteiger partial charge >= 0.3 is 12.1 Å². The fourth-order valence-electron chi connectivity index (χ4n) is 3.80. The summed E-state index contributed by atoms with van der Waals surface area (Å²) in [5.41, 5.74) is 4.83. The van der Waals surface area contributed by atoms with E-state index in [4.69, 9.17) is 27.9 Å². The number of carbonyl (C=O) groups excluding carboxylic acids is 1. The predicted octanol–water partition coefficient (Wildman–Crippen LogP) is 4.92. The second kappa shape index (κ2) is 8.96. The van der Waals surface area contributed by atoms with Crippen LogP contribution in [0.1, 0.15) is 22.6 Å². The van der Waals surface area contributed by atoms with Crippen molar-refractivity contribution in [1.29, 1.82) is 0 Å². The van der Waals surface area contributed by atoms with Gasteiger partial charge in [0.1, 0.15) is 23.0 Å². The molecule has 0 radical (unpaired) electrons. The van der Waals surface area contributed by atoms with Crippen molar-refractivity contribution in [2.24, 2.45) is 0 Å². The van der Waals surface area contributed by atoms with Gasteiger partial charge in [-0.05, 0) is 33.9 Å². The molecule has 0 fully saturated rings. The number of benzene rings is 2. The average molecular weight is 457 g/mol. The molecular formula is C23H18Cl2N2O4. The molecule has 0 bridgehead atoms. The van der Waals surface area contributed by atoms with Crippen LogP contribution in [0.5, 0.6) is 0 Å². The minimum Gasteiger partial charge on any atom is -0.480 e. The van der Waals surface area contributed by atoms with Crippen LogP contribution >= 0.6 is 23.2 Å². The Kier molecular flexibility index (Phi) is 6.11. The molecule has 1 heterocycles. The summed E-state index contributed by atoms with van der Waals surface area (Å²) in [5, 5.41) is 12.2. The highest BCUT2D eigenvalue weighted by Crippen LogP contribution is 2.44. The van der Waals surface area contributed by atoms with Crippen molar-refractivity contribution in [3.8, 4) is 11.1 Å². The van der Waals surface area contributed by atoms with Gasteiger partial charge in [-0.25, -0.2) is 14.6 Å². The van der Waals surface area contributed by atoms with Crippen LogP contribution in [0.15, 0.2) is 60.7 Å². The number of hydrogen-bond donors (Lipinski definition) is 2. The van der Waals surface area contributed by atoms with Gasteiger partial charge in [0, 0.05) is 12.3 Å². The van der Waals surface area contributed by atoms with Crippen LogP contribution in [0.25, 0.3) is 11.1 Å². The Labute approximate surface area is 188 Å².